The zero-order chi connectivity index (χ0) is 13.0. The van der Waals surface area contributed by atoms with Crippen molar-refractivity contribution in [2.45, 2.75) is 32.4 Å². The predicted octanol–water partition coefficient (Wildman–Crippen LogP) is 2.68. The number of benzene rings is 1. The molecule has 1 fully saturated rings. The molecular formula is C15H25ClN2O. The highest BCUT2D eigenvalue weighted by Gasteiger charge is 2.21. The molecule has 2 rings (SSSR count). The molecule has 0 heterocycles. The molecule has 0 bridgehead atoms. The average molecular weight is 285 g/mol. The van der Waals surface area contributed by atoms with E-state index in [4.69, 9.17) is 10.5 Å². The molecule has 4 heteroatoms. The second-order valence-electron chi connectivity index (χ2n) is 5.40. The Kier molecular flexibility index (Phi) is 6.63. The van der Waals surface area contributed by atoms with Crippen LogP contribution in [0.4, 0.5) is 0 Å². The van der Waals surface area contributed by atoms with Crippen LogP contribution in [0.2, 0.25) is 0 Å². The van der Waals surface area contributed by atoms with Crippen LogP contribution in [0.5, 0.6) is 5.75 Å². The van der Waals surface area contributed by atoms with Crippen molar-refractivity contribution in [1.29, 1.82) is 0 Å². The van der Waals surface area contributed by atoms with Crippen LogP contribution in [0, 0.1) is 5.92 Å². The topological polar surface area (TPSA) is 38.5 Å². The minimum absolute atomic E-state index is 0. The number of rotatable bonds is 7. The zero-order valence-electron chi connectivity index (χ0n) is 11.8. The van der Waals surface area contributed by atoms with Gasteiger partial charge in [0.2, 0.25) is 0 Å². The van der Waals surface area contributed by atoms with Gasteiger partial charge in [-0.3, -0.25) is 4.90 Å². The molecule has 0 aromatic heterocycles. The molecule has 0 amide bonds. The number of nitrogens with two attached hydrogens (primary N) is 1. The van der Waals surface area contributed by atoms with Crippen molar-refractivity contribution >= 4 is 12.4 Å². The van der Waals surface area contributed by atoms with Crippen molar-refractivity contribution < 1.29 is 4.74 Å². The first-order chi connectivity index (χ1) is 8.69. The fourth-order valence-corrected chi connectivity index (χ4v) is 1.81. The van der Waals surface area contributed by atoms with Crippen LogP contribution in [0.25, 0.3) is 0 Å². The molecule has 108 valence electrons. The number of likely N-dealkylation sites (N-methyl/N-ethyl adjacent to an activating group) is 1. The van der Waals surface area contributed by atoms with Gasteiger partial charge in [-0.1, -0.05) is 12.1 Å². The molecule has 0 spiro atoms. The van der Waals surface area contributed by atoms with Gasteiger partial charge in [0.05, 0.1) is 6.61 Å². The van der Waals surface area contributed by atoms with E-state index in [0.29, 0.717) is 12.6 Å². The van der Waals surface area contributed by atoms with Gasteiger partial charge in [0, 0.05) is 19.1 Å². The van der Waals surface area contributed by atoms with Crippen molar-refractivity contribution in [1.82, 2.24) is 4.90 Å². The van der Waals surface area contributed by atoms with Crippen molar-refractivity contribution in [2.75, 3.05) is 20.2 Å². The lowest BCUT2D eigenvalue weighted by molar-refractivity contribution is 0.254. The summed E-state index contributed by atoms with van der Waals surface area (Å²) in [5, 5.41) is 0. The predicted molar refractivity (Wildman–Crippen MR) is 81.9 cm³/mol. The van der Waals surface area contributed by atoms with Crippen molar-refractivity contribution in [3.05, 3.63) is 29.8 Å². The lowest BCUT2D eigenvalue weighted by Gasteiger charge is -2.23. The van der Waals surface area contributed by atoms with Gasteiger partial charge in [-0.25, -0.2) is 0 Å². The van der Waals surface area contributed by atoms with Gasteiger partial charge in [-0.15, -0.1) is 12.4 Å². The summed E-state index contributed by atoms with van der Waals surface area (Å²) in [6.07, 6.45) is 2.67. The average Bonchev–Trinajstić information content (AvgIpc) is 3.21. The second kappa shape index (κ2) is 7.73. The quantitative estimate of drug-likeness (QED) is 0.837. The molecular weight excluding hydrogens is 260 g/mol. The van der Waals surface area contributed by atoms with Crippen molar-refractivity contribution in [3.63, 3.8) is 0 Å². The zero-order valence-corrected chi connectivity index (χ0v) is 12.7. The third-order valence-corrected chi connectivity index (χ3v) is 3.63. The molecule has 3 nitrogen and oxygen atoms in total. The van der Waals surface area contributed by atoms with E-state index in [2.05, 4.69) is 43.1 Å². The van der Waals surface area contributed by atoms with Crippen LogP contribution in [-0.2, 0) is 6.54 Å². The largest absolute Gasteiger partial charge is 0.493 e. The summed E-state index contributed by atoms with van der Waals surface area (Å²) in [5.74, 6) is 1.79. The van der Waals surface area contributed by atoms with Gasteiger partial charge in [-0.05, 0) is 50.4 Å². The number of hydrogen-bond acceptors (Lipinski definition) is 3. The monoisotopic (exact) mass is 284 g/mol. The smallest absolute Gasteiger partial charge is 0.119 e. The van der Waals surface area contributed by atoms with E-state index in [1.54, 1.807) is 0 Å². The van der Waals surface area contributed by atoms with Crippen LogP contribution in [-0.4, -0.2) is 31.1 Å². The van der Waals surface area contributed by atoms with E-state index in [1.165, 1.54) is 18.4 Å². The molecule has 0 aliphatic heterocycles. The van der Waals surface area contributed by atoms with Gasteiger partial charge in [0.15, 0.2) is 0 Å². The first-order valence-corrected chi connectivity index (χ1v) is 6.81. The lowest BCUT2D eigenvalue weighted by atomic mass is 10.2. The summed E-state index contributed by atoms with van der Waals surface area (Å²) in [6.45, 7) is 4.65. The SMILES string of the molecule is CC(CN)N(C)Cc1ccc(OCC2CC2)cc1.Cl. The Balaban J connectivity index is 0.00000180. The highest BCUT2D eigenvalue weighted by Crippen LogP contribution is 2.29. The Hall–Kier alpha value is -0.770. The molecule has 0 saturated heterocycles. The third-order valence-electron chi connectivity index (χ3n) is 3.63. The van der Waals surface area contributed by atoms with E-state index in [0.717, 1.165) is 24.8 Å². The summed E-state index contributed by atoms with van der Waals surface area (Å²) >= 11 is 0. The maximum atomic E-state index is 5.72. The van der Waals surface area contributed by atoms with Gasteiger partial charge >= 0.3 is 0 Å². The van der Waals surface area contributed by atoms with Crippen LogP contribution in [0.1, 0.15) is 25.3 Å². The Morgan fingerprint density at radius 3 is 2.47 bits per heavy atom. The van der Waals surface area contributed by atoms with Crippen LogP contribution in [0.15, 0.2) is 24.3 Å². The van der Waals surface area contributed by atoms with Crippen molar-refractivity contribution in [2.24, 2.45) is 11.7 Å². The number of nitrogens with zero attached hydrogens (tertiary/aromatic N) is 1. The molecule has 2 N–H and O–H groups in total. The molecule has 1 unspecified atom stereocenters. The van der Waals surface area contributed by atoms with E-state index < -0.39 is 0 Å². The standard InChI is InChI=1S/C15H24N2O.ClH/c1-12(9-16)17(2)10-13-5-7-15(8-6-13)18-11-14-3-4-14;/h5-8,12,14H,3-4,9-11,16H2,1-2H3;1H. The first-order valence-electron chi connectivity index (χ1n) is 6.81. The highest BCUT2D eigenvalue weighted by molar-refractivity contribution is 5.85. The summed E-state index contributed by atoms with van der Waals surface area (Å²) in [5.41, 5.74) is 6.97. The van der Waals surface area contributed by atoms with E-state index in [1.807, 2.05) is 0 Å². The van der Waals surface area contributed by atoms with Crippen molar-refractivity contribution in [3.8, 4) is 5.75 Å². The molecule has 1 aromatic rings. The Morgan fingerprint density at radius 1 is 1.32 bits per heavy atom. The summed E-state index contributed by atoms with van der Waals surface area (Å²) < 4.78 is 5.72. The van der Waals surface area contributed by atoms with Crippen LogP contribution in [0.3, 0.4) is 0 Å². The van der Waals surface area contributed by atoms with Gasteiger partial charge in [-0.2, -0.15) is 0 Å². The second-order valence-corrected chi connectivity index (χ2v) is 5.40. The number of ether oxygens (including phenoxy) is 1. The van der Waals surface area contributed by atoms with E-state index in [-0.39, 0.29) is 12.4 Å². The fourth-order valence-electron chi connectivity index (χ4n) is 1.81. The summed E-state index contributed by atoms with van der Waals surface area (Å²) in [7, 11) is 2.11. The summed E-state index contributed by atoms with van der Waals surface area (Å²) in [6, 6.07) is 8.83. The number of hydrogen-bond donors (Lipinski definition) is 1. The molecule has 1 aromatic carbocycles. The van der Waals surface area contributed by atoms with Crippen LogP contribution < -0.4 is 10.5 Å². The summed E-state index contributed by atoms with van der Waals surface area (Å²) in [4.78, 5) is 2.26. The number of halogens is 1. The molecule has 1 aliphatic carbocycles. The molecule has 1 saturated carbocycles. The van der Waals surface area contributed by atoms with Gasteiger partial charge < -0.3 is 10.5 Å². The minimum atomic E-state index is 0. The van der Waals surface area contributed by atoms with E-state index >= 15 is 0 Å². The fraction of sp³-hybridized carbons (Fsp3) is 0.600. The molecule has 0 radical (unpaired) electrons. The van der Waals surface area contributed by atoms with Gasteiger partial charge in [0.1, 0.15) is 5.75 Å². The highest BCUT2D eigenvalue weighted by atomic mass is 35.5. The third kappa shape index (κ3) is 5.39. The maximum Gasteiger partial charge on any atom is 0.119 e. The Labute approximate surface area is 122 Å². The molecule has 19 heavy (non-hydrogen) atoms. The molecule has 1 aliphatic rings. The van der Waals surface area contributed by atoms with Gasteiger partial charge in [0.25, 0.3) is 0 Å². The molecule has 1 atom stereocenters. The Bertz CT molecular complexity index is 365. The lowest BCUT2D eigenvalue weighted by Crippen LogP contribution is -2.34. The minimum Gasteiger partial charge on any atom is -0.493 e. The normalized spacial score (nSPS) is 16.0. The van der Waals surface area contributed by atoms with E-state index in [9.17, 15) is 0 Å². The Morgan fingerprint density at radius 2 is 1.95 bits per heavy atom. The maximum absolute atomic E-state index is 5.72. The van der Waals surface area contributed by atoms with Crippen LogP contribution >= 0.6 is 12.4 Å². The first kappa shape index (κ1) is 16.3.